The van der Waals surface area contributed by atoms with Gasteiger partial charge in [-0.1, -0.05) is 39.8 Å². The maximum absolute atomic E-state index is 11.6. The van der Waals surface area contributed by atoms with Gasteiger partial charge in [-0.25, -0.2) is 0 Å². The zero-order valence-electron chi connectivity index (χ0n) is 12.2. The normalized spacial score (nSPS) is 13.6. The topological polar surface area (TPSA) is 56.0 Å². The number of rotatable bonds is 6. The molecule has 1 rings (SSSR count). The maximum Gasteiger partial charge on any atom is 0.236 e. The van der Waals surface area contributed by atoms with Crippen LogP contribution in [0.5, 0.6) is 0 Å². The first-order valence-corrected chi connectivity index (χ1v) is 6.74. The van der Waals surface area contributed by atoms with E-state index >= 15 is 0 Å². The number of hydrogen-bond acceptors (Lipinski definition) is 4. The second-order valence-corrected chi connectivity index (χ2v) is 5.55. The third-order valence-electron chi connectivity index (χ3n) is 3.39. The molecular weight excluding hydrogens is 228 g/mol. The summed E-state index contributed by atoms with van der Waals surface area (Å²) in [7, 11) is 0. The van der Waals surface area contributed by atoms with Crippen LogP contribution in [0.25, 0.3) is 0 Å². The summed E-state index contributed by atoms with van der Waals surface area (Å²) in [6.07, 6.45) is 0.497. The van der Waals surface area contributed by atoms with Crippen LogP contribution in [0.2, 0.25) is 0 Å². The van der Waals surface area contributed by atoms with Gasteiger partial charge in [0, 0.05) is 12.3 Å². The third-order valence-corrected chi connectivity index (χ3v) is 3.39. The minimum Gasteiger partial charge on any atom is -0.339 e. The van der Waals surface area contributed by atoms with E-state index in [-0.39, 0.29) is 17.6 Å². The molecule has 0 fully saturated rings. The standard InChI is InChI=1S/C14H24N2O2/c1-7-11(17)10(6)14-15-13(16-18-14)12(8(2)3)9(4)5/h8-10,12H,7H2,1-6H3. The van der Waals surface area contributed by atoms with E-state index in [1.165, 1.54) is 0 Å². The van der Waals surface area contributed by atoms with Crippen LogP contribution < -0.4 is 0 Å². The Morgan fingerprint density at radius 1 is 1.17 bits per heavy atom. The van der Waals surface area contributed by atoms with Crippen molar-refractivity contribution in [3.8, 4) is 0 Å². The first kappa shape index (κ1) is 14.9. The highest BCUT2D eigenvalue weighted by Crippen LogP contribution is 2.30. The molecule has 1 unspecified atom stereocenters. The molecule has 0 amide bonds. The Bertz CT molecular complexity index is 388. The highest BCUT2D eigenvalue weighted by Gasteiger charge is 2.27. The van der Waals surface area contributed by atoms with Gasteiger partial charge in [0.25, 0.3) is 0 Å². The molecule has 0 saturated heterocycles. The van der Waals surface area contributed by atoms with Crippen LogP contribution in [-0.2, 0) is 4.79 Å². The molecule has 0 aromatic carbocycles. The van der Waals surface area contributed by atoms with Crippen LogP contribution in [0.3, 0.4) is 0 Å². The predicted molar refractivity (Wildman–Crippen MR) is 70.4 cm³/mol. The second kappa shape index (κ2) is 6.12. The number of Topliss-reactive ketones (excluding diaryl/α,β-unsaturated/α-hetero) is 1. The van der Waals surface area contributed by atoms with Crippen LogP contribution >= 0.6 is 0 Å². The van der Waals surface area contributed by atoms with E-state index in [4.69, 9.17) is 4.52 Å². The zero-order chi connectivity index (χ0) is 13.9. The lowest BCUT2D eigenvalue weighted by Gasteiger charge is -2.20. The molecule has 4 heteroatoms. The lowest BCUT2D eigenvalue weighted by Crippen LogP contribution is -2.15. The molecule has 1 atom stereocenters. The van der Waals surface area contributed by atoms with E-state index in [0.29, 0.717) is 24.1 Å². The number of hydrogen-bond donors (Lipinski definition) is 0. The summed E-state index contributed by atoms with van der Waals surface area (Å²) in [5.74, 6) is 2.19. The van der Waals surface area contributed by atoms with Crippen molar-refractivity contribution in [2.24, 2.45) is 11.8 Å². The zero-order valence-corrected chi connectivity index (χ0v) is 12.2. The molecular formula is C14H24N2O2. The fourth-order valence-corrected chi connectivity index (χ4v) is 2.37. The van der Waals surface area contributed by atoms with Gasteiger partial charge in [0.2, 0.25) is 5.89 Å². The fourth-order valence-electron chi connectivity index (χ4n) is 2.37. The molecule has 1 heterocycles. The van der Waals surface area contributed by atoms with E-state index in [1.54, 1.807) is 0 Å². The van der Waals surface area contributed by atoms with Crippen molar-refractivity contribution in [1.82, 2.24) is 10.1 Å². The summed E-state index contributed by atoms with van der Waals surface area (Å²) in [5.41, 5.74) is 0. The van der Waals surface area contributed by atoms with Crippen LogP contribution in [0.4, 0.5) is 0 Å². The van der Waals surface area contributed by atoms with Crippen molar-refractivity contribution < 1.29 is 9.32 Å². The third kappa shape index (κ3) is 3.18. The Morgan fingerprint density at radius 3 is 2.17 bits per heavy atom. The van der Waals surface area contributed by atoms with Gasteiger partial charge in [-0.2, -0.15) is 4.98 Å². The fraction of sp³-hybridized carbons (Fsp3) is 0.786. The number of nitrogens with zero attached hydrogens (tertiary/aromatic N) is 2. The number of carbonyl (C=O) groups is 1. The summed E-state index contributed by atoms with van der Waals surface area (Å²) in [6, 6.07) is 0. The van der Waals surface area contributed by atoms with E-state index in [9.17, 15) is 4.79 Å². The van der Waals surface area contributed by atoms with Crippen molar-refractivity contribution >= 4 is 5.78 Å². The maximum atomic E-state index is 11.6. The van der Waals surface area contributed by atoms with Crippen molar-refractivity contribution in [3.05, 3.63) is 11.7 Å². The number of carbonyl (C=O) groups excluding carboxylic acids is 1. The molecule has 4 nitrogen and oxygen atoms in total. The first-order valence-electron chi connectivity index (χ1n) is 6.74. The van der Waals surface area contributed by atoms with E-state index in [2.05, 4.69) is 37.8 Å². The van der Waals surface area contributed by atoms with Gasteiger partial charge in [-0.3, -0.25) is 4.79 Å². The van der Waals surface area contributed by atoms with Crippen LogP contribution in [0.1, 0.15) is 71.5 Å². The summed E-state index contributed by atoms with van der Waals surface area (Å²) >= 11 is 0. The van der Waals surface area contributed by atoms with Gasteiger partial charge < -0.3 is 4.52 Å². The first-order chi connectivity index (χ1) is 8.38. The molecule has 1 aromatic heterocycles. The summed E-state index contributed by atoms with van der Waals surface area (Å²) in [4.78, 5) is 16.1. The summed E-state index contributed by atoms with van der Waals surface area (Å²) in [6.45, 7) is 12.3. The Morgan fingerprint density at radius 2 is 1.72 bits per heavy atom. The highest BCUT2D eigenvalue weighted by atomic mass is 16.5. The molecule has 0 spiro atoms. The highest BCUT2D eigenvalue weighted by molar-refractivity contribution is 5.83. The predicted octanol–water partition coefficient (Wildman–Crippen LogP) is 3.55. The Hall–Kier alpha value is -1.19. The van der Waals surface area contributed by atoms with Gasteiger partial charge in [0.15, 0.2) is 5.82 Å². The van der Waals surface area contributed by atoms with Crippen molar-refractivity contribution in [2.75, 3.05) is 0 Å². The number of aromatic nitrogens is 2. The SMILES string of the molecule is CCC(=O)C(C)c1nc(C(C(C)C)C(C)C)no1. The second-order valence-electron chi connectivity index (χ2n) is 5.55. The van der Waals surface area contributed by atoms with Crippen LogP contribution in [0, 0.1) is 11.8 Å². The molecule has 0 bridgehead atoms. The van der Waals surface area contributed by atoms with E-state index in [1.807, 2.05) is 13.8 Å². The molecule has 0 aliphatic heterocycles. The lowest BCUT2D eigenvalue weighted by atomic mass is 9.85. The van der Waals surface area contributed by atoms with E-state index in [0.717, 1.165) is 5.82 Å². The van der Waals surface area contributed by atoms with Gasteiger partial charge in [0.1, 0.15) is 5.78 Å². The number of ketones is 1. The Kier molecular flexibility index (Phi) is 5.05. The monoisotopic (exact) mass is 252 g/mol. The summed E-state index contributed by atoms with van der Waals surface area (Å²) < 4.78 is 5.25. The molecule has 1 aromatic rings. The molecule has 18 heavy (non-hydrogen) atoms. The molecule has 0 saturated carbocycles. The van der Waals surface area contributed by atoms with Crippen LogP contribution in [0.15, 0.2) is 4.52 Å². The van der Waals surface area contributed by atoms with Gasteiger partial charge in [0.05, 0.1) is 5.92 Å². The average molecular weight is 252 g/mol. The minimum absolute atomic E-state index is 0.135. The molecule has 0 aliphatic rings. The van der Waals surface area contributed by atoms with Crippen molar-refractivity contribution in [1.29, 1.82) is 0 Å². The molecule has 0 N–H and O–H groups in total. The average Bonchev–Trinajstić information content (AvgIpc) is 2.75. The van der Waals surface area contributed by atoms with Crippen molar-refractivity contribution in [3.63, 3.8) is 0 Å². The summed E-state index contributed by atoms with van der Waals surface area (Å²) in [5, 5.41) is 4.06. The van der Waals surface area contributed by atoms with Gasteiger partial charge >= 0.3 is 0 Å². The Balaban J connectivity index is 2.94. The molecule has 0 radical (unpaired) electrons. The largest absolute Gasteiger partial charge is 0.339 e. The smallest absolute Gasteiger partial charge is 0.236 e. The van der Waals surface area contributed by atoms with Crippen molar-refractivity contribution in [2.45, 2.75) is 59.8 Å². The minimum atomic E-state index is -0.295. The van der Waals surface area contributed by atoms with E-state index < -0.39 is 0 Å². The molecule has 0 aliphatic carbocycles. The quantitative estimate of drug-likeness (QED) is 0.777. The lowest BCUT2D eigenvalue weighted by molar-refractivity contribution is -0.120. The molecule has 102 valence electrons. The van der Waals surface area contributed by atoms with Gasteiger partial charge in [-0.15, -0.1) is 0 Å². The van der Waals surface area contributed by atoms with Crippen LogP contribution in [-0.4, -0.2) is 15.9 Å². The Labute approximate surface area is 109 Å². The van der Waals surface area contributed by atoms with Gasteiger partial charge in [-0.05, 0) is 18.8 Å².